The molecular weight excluding hydrogens is 152 g/mol. The van der Waals surface area contributed by atoms with Crippen LogP contribution in [0, 0.1) is 17.2 Å². The first-order valence-corrected chi connectivity index (χ1v) is 2.61. The van der Waals surface area contributed by atoms with Crippen LogP contribution in [-0.4, -0.2) is 28.2 Å². The normalized spacial score (nSPS) is 14.5. The molecule has 0 aromatic carbocycles. The summed E-state index contributed by atoms with van der Waals surface area (Å²) in [6, 6.07) is -0.392. The van der Waals surface area contributed by atoms with Gasteiger partial charge in [0.25, 0.3) is 0 Å². The molecule has 11 heavy (non-hydrogen) atoms. The van der Waals surface area contributed by atoms with Crippen molar-refractivity contribution in [1.29, 1.82) is 5.26 Å². The SMILES string of the molecule is N#CC(C(=O)O)C(N)C(=O)O. The Balaban J connectivity index is 4.42. The van der Waals surface area contributed by atoms with E-state index in [1.54, 1.807) is 0 Å². The molecule has 6 nitrogen and oxygen atoms in total. The molecule has 0 saturated carbocycles. The smallest absolute Gasteiger partial charge is 0.323 e. The van der Waals surface area contributed by atoms with Gasteiger partial charge in [0.1, 0.15) is 6.04 Å². The van der Waals surface area contributed by atoms with Crippen LogP contribution in [0.2, 0.25) is 0 Å². The first-order valence-electron chi connectivity index (χ1n) is 2.61. The number of nitrogens with zero attached hydrogens (tertiary/aromatic N) is 1. The number of nitrogens with two attached hydrogens (primary N) is 1. The van der Waals surface area contributed by atoms with Crippen molar-refractivity contribution in [1.82, 2.24) is 0 Å². The largest absolute Gasteiger partial charge is 0.480 e. The van der Waals surface area contributed by atoms with Crippen molar-refractivity contribution in [2.45, 2.75) is 6.04 Å². The summed E-state index contributed by atoms with van der Waals surface area (Å²) >= 11 is 0. The van der Waals surface area contributed by atoms with Crippen molar-refractivity contribution in [3.8, 4) is 6.07 Å². The Morgan fingerprint density at radius 1 is 1.36 bits per heavy atom. The Bertz CT molecular complexity index is 219. The molecule has 0 aliphatic rings. The molecule has 0 aliphatic carbocycles. The van der Waals surface area contributed by atoms with Crippen molar-refractivity contribution < 1.29 is 19.8 Å². The highest BCUT2D eigenvalue weighted by atomic mass is 16.4. The zero-order chi connectivity index (χ0) is 9.02. The number of nitriles is 1. The second-order valence-corrected chi connectivity index (χ2v) is 1.81. The number of carboxylic acid groups (broad SMARTS) is 2. The Morgan fingerprint density at radius 2 is 1.82 bits per heavy atom. The first kappa shape index (κ1) is 9.39. The van der Waals surface area contributed by atoms with Crippen LogP contribution >= 0.6 is 0 Å². The summed E-state index contributed by atoms with van der Waals surface area (Å²) in [7, 11) is 0. The second-order valence-electron chi connectivity index (χ2n) is 1.81. The van der Waals surface area contributed by atoms with Gasteiger partial charge in [-0.05, 0) is 0 Å². The molecule has 2 unspecified atom stereocenters. The fraction of sp³-hybridized carbons (Fsp3) is 0.400. The fourth-order valence-corrected chi connectivity index (χ4v) is 0.432. The summed E-state index contributed by atoms with van der Waals surface area (Å²) in [5, 5.41) is 24.6. The Morgan fingerprint density at radius 3 is 1.91 bits per heavy atom. The van der Waals surface area contributed by atoms with Gasteiger partial charge in [-0.25, -0.2) is 0 Å². The third-order valence-corrected chi connectivity index (χ3v) is 1.05. The first-order chi connectivity index (χ1) is 5.00. The van der Waals surface area contributed by atoms with Gasteiger partial charge in [0, 0.05) is 0 Å². The Kier molecular flexibility index (Phi) is 3.01. The van der Waals surface area contributed by atoms with E-state index in [2.05, 4.69) is 0 Å². The molecule has 0 amide bonds. The lowest BCUT2D eigenvalue weighted by Gasteiger charge is -2.07. The lowest BCUT2D eigenvalue weighted by Crippen LogP contribution is -2.41. The zero-order valence-corrected chi connectivity index (χ0v) is 5.39. The number of rotatable bonds is 3. The number of hydrogen-bond donors (Lipinski definition) is 3. The summed E-state index contributed by atoms with van der Waals surface area (Å²) in [5.41, 5.74) is 4.87. The minimum absolute atomic E-state index is 1.28. The van der Waals surface area contributed by atoms with E-state index in [1.165, 1.54) is 6.07 Å². The molecule has 2 atom stereocenters. The van der Waals surface area contributed by atoms with Gasteiger partial charge < -0.3 is 15.9 Å². The molecule has 60 valence electrons. The van der Waals surface area contributed by atoms with Crippen molar-refractivity contribution in [3.63, 3.8) is 0 Å². The molecule has 0 radical (unpaired) electrons. The summed E-state index contributed by atoms with van der Waals surface area (Å²) in [4.78, 5) is 20.2. The predicted octanol–water partition coefficient (Wildman–Crippen LogP) is -1.38. The molecule has 0 aromatic heterocycles. The van der Waals surface area contributed by atoms with E-state index >= 15 is 0 Å². The molecule has 0 spiro atoms. The van der Waals surface area contributed by atoms with Crippen LogP contribution in [0.1, 0.15) is 0 Å². The molecule has 0 heterocycles. The lowest BCUT2D eigenvalue weighted by molar-refractivity contribution is -0.147. The molecule has 6 heteroatoms. The fourth-order valence-electron chi connectivity index (χ4n) is 0.432. The van der Waals surface area contributed by atoms with E-state index in [9.17, 15) is 9.59 Å². The average Bonchev–Trinajstić information content (AvgIpc) is 1.88. The van der Waals surface area contributed by atoms with E-state index in [0.29, 0.717) is 0 Å². The van der Waals surface area contributed by atoms with Crippen LogP contribution in [0.25, 0.3) is 0 Å². The number of carbonyl (C=O) groups is 2. The van der Waals surface area contributed by atoms with Crippen LogP contribution in [0.3, 0.4) is 0 Å². The molecule has 0 aromatic rings. The number of aliphatic carboxylic acids is 2. The summed E-state index contributed by atoms with van der Waals surface area (Å²) in [6.45, 7) is 0. The van der Waals surface area contributed by atoms with Gasteiger partial charge in [0.2, 0.25) is 0 Å². The van der Waals surface area contributed by atoms with E-state index < -0.39 is 23.9 Å². The highest BCUT2D eigenvalue weighted by Gasteiger charge is 2.30. The highest BCUT2D eigenvalue weighted by molar-refractivity contribution is 5.84. The Hall–Kier alpha value is -1.61. The van der Waals surface area contributed by atoms with Crippen LogP contribution in [0.5, 0.6) is 0 Å². The zero-order valence-electron chi connectivity index (χ0n) is 5.39. The maximum Gasteiger partial charge on any atom is 0.323 e. The third-order valence-electron chi connectivity index (χ3n) is 1.05. The molecular formula is C5H6N2O4. The maximum absolute atomic E-state index is 10.1. The standard InChI is InChI=1S/C5H6N2O4/c6-1-2(4(8)9)3(7)5(10)11/h2-3H,7H2,(H,8,9)(H,10,11). The highest BCUT2D eigenvalue weighted by Crippen LogP contribution is 1.99. The minimum atomic E-state index is -1.69. The summed E-state index contributed by atoms with van der Waals surface area (Å²) in [6.07, 6.45) is 0. The topological polar surface area (TPSA) is 124 Å². The molecule has 0 fully saturated rings. The van der Waals surface area contributed by atoms with Crippen molar-refractivity contribution in [2.24, 2.45) is 11.7 Å². The average molecular weight is 158 g/mol. The van der Waals surface area contributed by atoms with Crippen LogP contribution in [0.15, 0.2) is 0 Å². The van der Waals surface area contributed by atoms with Gasteiger partial charge in [-0.2, -0.15) is 5.26 Å². The third kappa shape index (κ3) is 2.23. The van der Waals surface area contributed by atoms with E-state index in [-0.39, 0.29) is 0 Å². The number of carboxylic acids is 2. The Labute approximate surface area is 61.8 Å². The molecule has 0 saturated heterocycles. The maximum atomic E-state index is 10.1. The lowest BCUT2D eigenvalue weighted by atomic mass is 10.0. The van der Waals surface area contributed by atoms with Gasteiger partial charge in [-0.15, -0.1) is 0 Å². The van der Waals surface area contributed by atoms with Crippen LogP contribution in [-0.2, 0) is 9.59 Å². The van der Waals surface area contributed by atoms with Crippen LogP contribution < -0.4 is 5.73 Å². The predicted molar refractivity (Wildman–Crippen MR) is 32.3 cm³/mol. The minimum Gasteiger partial charge on any atom is -0.480 e. The van der Waals surface area contributed by atoms with E-state index in [0.717, 1.165) is 0 Å². The monoisotopic (exact) mass is 158 g/mol. The molecule has 0 bridgehead atoms. The van der Waals surface area contributed by atoms with E-state index in [4.69, 9.17) is 21.2 Å². The van der Waals surface area contributed by atoms with Gasteiger partial charge in [-0.3, -0.25) is 9.59 Å². The quantitative estimate of drug-likeness (QED) is 0.465. The van der Waals surface area contributed by atoms with Crippen LogP contribution in [0.4, 0.5) is 0 Å². The number of hydrogen-bond acceptors (Lipinski definition) is 4. The van der Waals surface area contributed by atoms with Crippen molar-refractivity contribution in [3.05, 3.63) is 0 Å². The van der Waals surface area contributed by atoms with Gasteiger partial charge >= 0.3 is 11.9 Å². The summed E-state index contributed by atoms with van der Waals surface area (Å²) < 4.78 is 0. The van der Waals surface area contributed by atoms with Gasteiger partial charge in [0.05, 0.1) is 6.07 Å². The molecule has 0 rings (SSSR count). The molecule has 4 N–H and O–H groups in total. The molecule has 0 aliphatic heterocycles. The van der Waals surface area contributed by atoms with Gasteiger partial charge in [0.15, 0.2) is 5.92 Å². The summed E-state index contributed by atoms with van der Waals surface area (Å²) in [5.74, 6) is -4.71. The van der Waals surface area contributed by atoms with E-state index in [1.807, 2.05) is 0 Å². The van der Waals surface area contributed by atoms with Crippen molar-refractivity contribution in [2.75, 3.05) is 0 Å². The van der Waals surface area contributed by atoms with Gasteiger partial charge in [-0.1, -0.05) is 0 Å². The second kappa shape index (κ2) is 3.53. The van der Waals surface area contributed by atoms with Crippen molar-refractivity contribution >= 4 is 11.9 Å².